The number of carbonyl (C=O) groups is 1. The van der Waals surface area contributed by atoms with Gasteiger partial charge in [0.05, 0.1) is 11.1 Å². The van der Waals surface area contributed by atoms with Gasteiger partial charge in [-0.05, 0) is 43.7 Å². The van der Waals surface area contributed by atoms with Crippen LogP contribution in [0.15, 0.2) is 42.7 Å². The first-order valence-corrected chi connectivity index (χ1v) is 11.9. The molecule has 2 aromatic carbocycles. The van der Waals surface area contributed by atoms with E-state index < -0.39 is 23.9 Å². The number of hydrogen-bond donors (Lipinski definition) is 0. The van der Waals surface area contributed by atoms with Crippen molar-refractivity contribution in [2.45, 2.75) is 39.1 Å². The number of benzene rings is 2. The maximum atomic E-state index is 14.3. The molecule has 0 N–H and O–H groups in total. The number of fused-ring (bicyclic) bond motifs is 1. The molecule has 0 aliphatic carbocycles. The lowest BCUT2D eigenvalue weighted by Gasteiger charge is -2.27. The first-order chi connectivity index (χ1) is 17.2. The highest BCUT2D eigenvalue weighted by Crippen LogP contribution is 2.36. The van der Waals surface area contributed by atoms with Gasteiger partial charge in [-0.1, -0.05) is 23.7 Å². The predicted molar refractivity (Wildman–Crippen MR) is 132 cm³/mol. The van der Waals surface area contributed by atoms with Crippen LogP contribution in [0.5, 0.6) is 5.75 Å². The average molecular weight is 512 g/mol. The number of aryl methyl sites for hydroxylation is 2. The van der Waals surface area contributed by atoms with Crippen molar-refractivity contribution in [1.29, 1.82) is 0 Å². The Hall–Kier alpha value is -3.59. The molecule has 186 valence electrons. The normalized spacial score (nSPS) is 16.7. The van der Waals surface area contributed by atoms with Crippen LogP contribution in [-0.2, 0) is 18.4 Å². The van der Waals surface area contributed by atoms with Crippen molar-refractivity contribution in [2.75, 3.05) is 6.54 Å². The van der Waals surface area contributed by atoms with E-state index in [2.05, 4.69) is 10.1 Å². The van der Waals surface area contributed by atoms with E-state index in [-0.39, 0.29) is 24.6 Å². The molecule has 1 amide bonds. The summed E-state index contributed by atoms with van der Waals surface area (Å²) < 4.78 is 36.1. The zero-order valence-corrected chi connectivity index (χ0v) is 20.8. The van der Waals surface area contributed by atoms with Crippen molar-refractivity contribution in [3.05, 3.63) is 70.4 Å². The van der Waals surface area contributed by atoms with Gasteiger partial charge in [0.2, 0.25) is 0 Å². The van der Waals surface area contributed by atoms with Crippen LogP contribution in [-0.4, -0.2) is 43.3 Å². The number of amides is 1. The Morgan fingerprint density at radius 2 is 2.08 bits per heavy atom. The zero-order chi connectivity index (χ0) is 25.6. The number of pyridine rings is 1. The minimum Gasteiger partial charge on any atom is -0.487 e. The van der Waals surface area contributed by atoms with Crippen LogP contribution in [0.2, 0.25) is 5.02 Å². The molecular formula is C26H24ClF2N5O2. The van der Waals surface area contributed by atoms with Crippen LogP contribution in [0, 0.1) is 12.7 Å². The third-order valence-corrected chi connectivity index (χ3v) is 6.88. The minimum atomic E-state index is -1.54. The van der Waals surface area contributed by atoms with Crippen molar-refractivity contribution < 1.29 is 18.3 Å². The predicted octanol–water partition coefficient (Wildman–Crippen LogP) is 5.34. The van der Waals surface area contributed by atoms with Gasteiger partial charge in [0, 0.05) is 42.2 Å². The Balaban J connectivity index is 1.52. The summed E-state index contributed by atoms with van der Waals surface area (Å²) in [5.41, 5.74) is 3.29. The first kappa shape index (κ1) is 24.1. The van der Waals surface area contributed by atoms with Gasteiger partial charge in [-0.2, -0.15) is 5.10 Å². The van der Waals surface area contributed by atoms with E-state index in [0.717, 1.165) is 16.6 Å². The molecule has 0 radical (unpaired) electrons. The van der Waals surface area contributed by atoms with E-state index in [0.29, 0.717) is 28.2 Å². The maximum Gasteiger partial charge on any atom is 0.257 e. The summed E-state index contributed by atoms with van der Waals surface area (Å²) in [6, 6.07) is 9.49. The fourth-order valence-corrected chi connectivity index (χ4v) is 4.98. The Morgan fingerprint density at radius 3 is 2.78 bits per heavy atom. The number of aromatic nitrogens is 4. The van der Waals surface area contributed by atoms with Crippen LogP contribution in [0.25, 0.3) is 22.3 Å². The van der Waals surface area contributed by atoms with Gasteiger partial charge in [-0.15, -0.1) is 0 Å². The largest absolute Gasteiger partial charge is 0.487 e. The van der Waals surface area contributed by atoms with Crippen LogP contribution in [0.3, 0.4) is 0 Å². The molecule has 10 heteroatoms. The van der Waals surface area contributed by atoms with Gasteiger partial charge in [0.15, 0.2) is 12.0 Å². The fraction of sp³-hybridized carbons (Fsp3) is 0.308. The van der Waals surface area contributed by atoms with Gasteiger partial charge >= 0.3 is 0 Å². The van der Waals surface area contributed by atoms with Gasteiger partial charge in [-0.3, -0.25) is 4.79 Å². The summed E-state index contributed by atoms with van der Waals surface area (Å²) in [4.78, 5) is 22.8. The van der Waals surface area contributed by atoms with E-state index in [1.54, 1.807) is 17.7 Å². The number of likely N-dealkylation sites (tertiary alicyclic amines) is 1. The molecule has 1 fully saturated rings. The molecule has 0 spiro atoms. The van der Waals surface area contributed by atoms with E-state index in [1.165, 1.54) is 23.4 Å². The quantitative estimate of drug-likeness (QED) is 0.349. The molecule has 36 heavy (non-hydrogen) atoms. The molecule has 1 unspecified atom stereocenters. The Kier molecular flexibility index (Phi) is 6.34. The number of nitrogens with zero attached hydrogens (tertiary/aromatic N) is 5. The van der Waals surface area contributed by atoms with Crippen LogP contribution >= 0.6 is 11.6 Å². The number of rotatable bonds is 6. The maximum absolute atomic E-state index is 14.3. The summed E-state index contributed by atoms with van der Waals surface area (Å²) in [6.45, 7) is 3.89. The van der Waals surface area contributed by atoms with Crippen molar-refractivity contribution in [1.82, 2.24) is 24.6 Å². The lowest BCUT2D eigenvalue weighted by molar-refractivity contribution is -0.133. The summed E-state index contributed by atoms with van der Waals surface area (Å²) in [5, 5.41) is 5.18. The highest BCUT2D eigenvalue weighted by atomic mass is 35.5. The molecule has 3 heterocycles. The summed E-state index contributed by atoms with van der Waals surface area (Å²) in [7, 11) is 1.82. The number of ether oxygens (including phenoxy) is 1. The molecule has 1 aliphatic rings. The molecule has 5 rings (SSSR count). The zero-order valence-electron chi connectivity index (χ0n) is 20.0. The number of alkyl halides is 1. The van der Waals surface area contributed by atoms with E-state index in [9.17, 15) is 13.6 Å². The lowest BCUT2D eigenvalue weighted by Crippen LogP contribution is -2.31. The van der Waals surface area contributed by atoms with E-state index >= 15 is 0 Å². The Bertz CT molecular complexity index is 1470. The average Bonchev–Trinajstić information content (AvgIpc) is 3.42. The lowest BCUT2D eigenvalue weighted by atomic mass is 10.00. The molecule has 7 nitrogen and oxygen atoms in total. The highest BCUT2D eigenvalue weighted by molar-refractivity contribution is 6.31. The van der Waals surface area contributed by atoms with E-state index in [4.69, 9.17) is 21.3 Å². The summed E-state index contributed by atoms with van der Waals surface area (Å²) in [5.74, 6) is 0.0751. The Morgan fingerprint density at radius 1 is 1.28 bits per heavy atom. The standard InChI is InChI=1S/C26H24ClF2N5O2/c1-14-9-19(25-30-13-31-33(25)3)17-5-4-6-23(24(17)32-14)36-12-20-18(10-16(28)11-21(20)27)15(2)34-8-7-22(29)26(34)35/h4-6,9-11,13,15,22H,7-8,12H2,1-3H3/t15?,22-/m1/s1. The molecule has 0 bridgehead atoms. The van der Waals surface area contributed by atoms with Crippen LogP contribution < -0.4 is 4.74 Å². The topological polar surface area (TPSA) is 73.1 Å². The number of halogens is 3. The SMILES string of the molecule is Cc1cc(-c2ncnn2C)c2cccc(OCc3c(Cl)cc(F)cc3C(C)N3CC[C@@H](F)C3=O)c2n1. The van der Waals surface area contributed by atoms with Crippen molar-refractivity contribution in [3.8, 4) is 17.1 Å². The van der Waals surface area contributed by atoms with Crippen molar-refractivity contribution in [2.24, 2.45) is 7.05 Å². The molecule has 2 aromatic heterocycles. The molecule has 4 aromatic rings. The van der Waals surface area contributed by atoms with Gasteiger partial charge in [-0.25, -0.2) is 23.4 Å². The molecule has 1 saturated heterocycles. The second-order valence-corrected chi connectivity index (χ2v) is 9.29. The van der Waals surface area contributed by atoms with Crippen molar-refractivity contribution in [3.63, 3.8) is 0 Å². The van der Waals surface area contributed by atoms with Gasteiger partial charge in [0.1, 0.15) is 30.0 Å². The molecule has 1 aliphatic heterocycles. The van der Waals surface area contributed by atoms with Gasteiger partial charge < -0.3 is 9.64 Å². The second-order valence-electron chi connectivity index (χ2n) is 8.88. The smallest absolute Gasteiger partial charge is 0.257 e. The fourth-order valence-electron chi connectivity index (χ4n) is 4.71. The van der Waals surface area contributed by atoms with Crippen molar-refractivity contribution >= 4 is 28.4 Å². The first-order valence-electron chi connectivity index (χ1n) is 11.5. The minimum absolute atomic E-state index is 0.00784. The summed E-state index contributed by atoms with van der Waals surface area (Å²) >= 11 is 6.44. The summed E-state index contributed by atoms with van der Waals surface area (Å²) in [6.07, 6.45) is 0.0731. The third-order valence-electron chi connectivity index (χ3n) is 6.54. The second kappa shape index (κ2) is 9.46. The number of hydrogen-bond acceptors (Lipinski definition) is 5. The van der Waals surface area contributed by atoms with E-state index in [1.807, 2.05) is 32.2 Å². The van der Waals surface area contributed by atoms with Crippen LogP contribution in [0.1, 0.15) is 36.2 Å². The molecule has 2 atom stereocenters. The van der Waals surface area contributed by atoms with Gasteiger partial charge in [0.25, 0.3) is 5.91 Å². The van der Waals surface area contributed by atoms with Crippen LogP contribution in [0.4, 0.5) is 8.78 Å². The highest BCUT2D eigenvalue weighted by Gasteiger charge is 2.36. The monoisotopic (exact) mass is 511 g/mol. The Labute approximate surface area is 211 Å². The number of carbonyl (C=O) groups excluding carboxylic acids is 1. The molecule has 0 saturated carbocycles. The third kappa shape index (κ3) is 4.28. The molecular weight excluding hydrogens is 488 g/mol. The number of para-hydroxylation sites is 1.